The van der Waals surface area contributed by atoms with Crippen LogP contribution in [0.1, 0.15) is 30.4 Å². The van der Waals surface area contributed by atoms with Gasteiger partial charge >= 0.3 is 0 Å². The van der Waals surface area contributed by atoms with Crippen LogP contribution in [0.5, 0.6) is 0 Å². The van der Waals surface area contributed by atoms with Gasteiger partial charge in [0.15, 0.2) is 0 Å². The average molecular weight is 204 g/mol. The molecule has 0 radical (unpaired) electrons. The van der Waals surface area contributed by atoms with Gasteiger partial charge in [0.05, 0.1) is 5.92 Å². The van der Waals surface area contributed by atoms with E-state index in [0.29, 0.717) is 6.54 Å². The molecule has 0 saturated carbocycles. The van der Waals surface area contributed by atoms with E-state index < -0.39 is 0 Å². The number of hydrogen-bond donors (Lipinski definition) is 2. The molecule has 0 aromatic heterocycles. The average Bonchev–Trinajstić information content (AvgIpc) is 2.52. The van der Waals surface area contributed by atoms with Crippen LogP contribution in [-0.2, 0) is 11.2 Å². The van der Waals surface area contributed by atoms with Crippen molar-refractivity contribution in [2.75, 3.05) is 11.9 Å². The summed E-state index contributed by atoms with van der Waals surface area (Å²) in [5, 5.41) is 2.87. The van der Waals surface area contributed by atoms with Crippen molar-refractivity contribution >= 4 is 11.6 Å². The number of anilines is 1. The van der Waals surface area contributed by atoms with Crippen molar-refractivity contribution < 1.29 is 4.79 Å². The maximum absolute atomic E-state index is 11.4. The molecule has 1 unspecified atom stereocenters. The monoisotopic (exact) mass is 204 g/mol. The van der Waals surface area contributed by atoms with Crippen molar-refractivity contribution in [3.8, 4) is 0 Å². The first-order valence-electron chi connectivity index (χ1n) is 5.36. The van der Waals surface area contributed by atoms with E-state index in [1.807, 2.05) is 13.0 Å². The summed E-state index contributed by atoms with van der Waals surface area (Å²) >= 11 is 0. The second kappa shape index (κ2) is 4.03. The molecule has 1 aliphatic rings. The number of benzene rings is 1. The quantitative estimate of drug-likeness (QED) is 0.786. The Morgan fingerprint density at radius 2 is 2.27 bits per heavy atom. The van der Waals surface area contributed by atoms with Gasteiger partial charge < -0.3 is 11.1 Å². The van der Waals surface area contributed by atoms with Crippen LogP contribution in [0.2, 0.25) is 0 Å². The highest BCUT2D eigenvalue weighted by Gasteiger charge is 2.26. The third-order valence-electron chi connectivity index (χ3n) is 2.90. The first-order valence-corrected chi connectivity index (χ1v) is 5.36. The number of fused-ring (bicyclic) bond motifs is 1. The Balaban J connectivity index is 2.23. The molecule has 15 heavy (non-hydrogen) atoms. The van der Waals surface area contributed by atoms with Crippen molar-refractivity contribution in [2.24, 2.45) is 5.73 Å². The molecule has 3 heteroatoms. The van der Waals surface area contributed by atoms with Gasteiger partial charge in [-0.25, -0.2) is 0 Å². The topological polar surface area (TPSA) is 55.1 Å². The Kier molecular flexibility index (Phi) is 2.73. The Morgan fingerprint density at radius 1 is 1.47 bits per heavy atom. The molecule has 0 saturated heterocycles. The zero-order chi connectivity index (χ0) is 10.8. The standard InChI is InChI=1S/C12H16N2O/c1-8-10-7-9(3-2-6-13)4-5-11(10)14-12(8)15/h4-5,7-8H,2-3,6,13H2,1H3,(H,14,15). The molecule has 0 bridgehead atoms. The van der Waals surface area contributed by atoms with Crippen molar-refractivity contribution in [3.63, 3.8) is 0 Å². The van der Waals surface area contributed by atoms with Gasteiger partial charge in [0.1, 0.15) is 0 Å². The summed E-state index contributed by atoms with van der Waals surface area (Å²) in [6.45, 7) is 2.65. The number of nitrogens with one attached hydrogen (secondary N) is 1. The van der Waals surface area contributed by atoms with Gasteiger partial charge in [0, 0.05) is 5.69 Å². The normalized spacial score (nSPS) is 18.8. The van der Waals surface area contributed by atoms with Crippen LogP contribution in [0, 0.1) is 0 Å². The first kappa shape index (κ1) is 10.2. The molecule has 3 nitrogen and oxygen atoms in total. The molecule has 1 atom stereocenters. The summed E-state index contributed by atoms with van der Waals surface area (Å²) in [6, 6.07) is 6.17. The van der Waals surface area contributed by atoms with E-state index in [1.165, 1.54) is 5.56 Å². The number of carbonyl (C=O) groups is 1. The van der Waals surface area contributed by atoms with E-state index >= 15 is 0 Å². The fraction of sp³-hybridized carbons (Fsp3) is 0.417. The second-order valence-corrected chi connectivity index (χ2v) is 4.02. The molecular weight excluding hydrogens is 188 g/mol. The second-order valence-electron chi connectivity index (χ2n) is 4.02. The number of nitrogens with two attached hydrogens (primary N) is 1. The van der Waals surface area contributed by atoms with Gasteiger partial charge in [-0.1, -0.05) is 12.1 Å². The van der Waals surface area contributed by atoms with Gasteiger partial charge in [-0.3, -0.25) is 4.79 Å². The smallest absolute Gasteiger partial charge is 0.231 e. The molecule has 1 aliphatic heterocycles. The summed E-state index contributed by atoms with van der Waals surface area (Å²) in [7, 11) is 0. The third-order valence-corrected chi connectivity index (χ3v) is 2.90. The van der Waals surface area contributed by atoms with Gasteiger partial charge in [-0.2, -0.15) is 0 Å². The number of hydrogen-bond acceptors (Lipinski definition) is 2. The summed E-state index contributed by atoms with van der Waals surface area (Å²) in [6.07, 6.45) is 1.99. The predicted octanol–water partition coefficient (Wildman–Crippen LogP) is 1.63. The van der Waals surface area contributed by atoms with E-state index in [-0.39, 0.29) is 11.8 Å². The van der Waals surface area contributed by atoms with Crippen molar-refractivity contribution in [2.45, 2.75) is 25.7 Å². The van der Waals surface area contributed by atoms with Crippen LogP contribution < -0.4 is 11.1 Å². The summed E-state index contributed by atoms with van der Waals surface area (Å²) in [4.78, 5) is 11.4. The molecule has 80 valence electrons. The lowest BCUT2D eigenvalue weighted by Crippen LogP contribution is -2.08. The van der Waals surface area contributed by atoms with Crippen LogP contribution in [0.15, 0.2) is 18.2 Å². The van der Waals surface area contributed by atoms with Crippen LogP contribution in [0.4, 0.5) is 5.69 Å². The Bertz CT molecular complexity index is 387. The number of aryl methyl sites for hydroxylation is 1. The number of amides is 1. The molecule has 1 heterocycles. The maximum Gasteiger partial charge on any atom is 0.231 e. The lowest BCUT2D eigenvalue weighted by molar-refractivity contribution is -0.116. The van der Waals surface area contributed by atoms with Crippen molar-refractivity contribution in [1.82, 2.24) is 0 Å². The van der Waals surface area contributed by atoms with E-state index in [2.05, 4.69) is 17.4 Å². The molecule has 0 aliphatic carbocycles. The van der Waals surface area contributed by atoms with E-state index in [0.717, 1.165) is 24.1 Å². The third kappa shape index (κ3) is 1.88. The molecule has 0 spiro atoms. The fourth-order valence-corrected chi connectivity index (χ4v) is 1.93. The summed E-state index contributed by atoms with van der Waals surface area (Å²) in [5.74, 6) is 0.0822. The van der Waals surface area contributed by atoms with Gasteiger partial charge in [-0.05, 0) is 43.5 Å². The largest absolute Gasteiger partial charge is 0.330 e. The SMILES string of the molecule is CC1C(=O)Nc2ccc(CCCN)cc21. The van der Waals surface area contributed by atoms with Crippen LogP contribution in [-0.4, -0.2) is 12.5 Å². The zero-order valence-electron chi connectivity index (χ0n) is 8.92. The van der Waals surface area contributed by atoms with E-state index in [1.54, 1.807) is 0 Å². The molecule has 1 amide bonds. The van der Waals surface area contributed by atoms with Crippen molar-refractivity contribution in [3.05, 3.63) is 29.3 Å². The molecule has 1 aromatic rings. The molecule has 3 N–H and O–H groups in total. The van der Waals surface area contributed by atoms with E-state index in [9.17, 15) is 4.79 Å². The molecule has 2 rings (SSSR count). The Hall–Kier alpha value is -1.35. The van der Waals surface area contributed by atoms with E-state index in [4.69, 9.17) is 5.73 Å². The van der Waals surface area contributed by atoms with Crippen molar-refractivity contribution in [1.29, 1.82) is 0 Å². The number of rotatable bonds is 3. The summed E-state index contributed by atoms with van der Waals surface area (Å²) < 4.78 is 0. The maximum atomic E-state index is 11.4. The van der Waals surface area contributed by atoms with Crippen LogP contribution in [0.3, 0.4) is 0 Å². The summed E-state index contributed by atoms with van der Waals surface area (Å²) in [5.41, 5.74) is 8.82. The highest BCUT2D eigenvalue weighted by molar-refractivity contribution is 6.02. The minimum absolute atomic E-state index is 0.0159. The van der Waals surface area contributed by atoms with Crippen LogP contribution >= 0.6 is 0 Å². The molecule has 1 aromatic carbocycles. The zero-order valence-corrected chi connectivity index (χ0v) is 8.92. The molecular formula is C12H16N2O. The minimum Gasteiger partial charge on any atom is -0.330 e. The number of carbonyl (C=O) groups excluding carboxylic acids is 1. The molecule has 0 fully saturated rings. The lowest BCUT2D eigenvalue weighted by atomic mass is 9.99. The van der Waals surface area contributed by atoms with Crippen LogP contribution in [0.25, 0.3) is 0 Å². The lowest BCUT2D eigenvalue weighted by Gasteiger charge is -2.05. The highest BCUT2D eigenvalue weighted by atomic mass is 16.2. The Morgan fingerprint density at radius 3 is 3.00 bits per heavy atom. The van der Waals surface area contributed by atoms with Gasteiger partial charge in [0.2, 0.25) is 5.91 Å². The van der Waals surface area contributed by atoms with Gasteiger partial charge in [0.25, 0.3) is 0 Å². The highest BCUT2D eigenvalue weighted by Crippen LogP contribution is 2.32. The predicted molar refractivity (Wildman–Crippen MR) is 60.9 cm³/mol. The van der Waals surface area contributed by atoms with Gasteiger partial charge in [-0.15, -0.1) is 0 Å². The fourth-order valence-electron chi connectivity index (χ4n) is 1.93. The first-order chi connectivity index (χ1) is 7.22. The minimum atomic E-state index is -0.0159. The Labute approximate surface area is 89.7 Å².